The van der Waals surface area contributed by atoms with Crippen LogP contribution in [0.1, 0.15) is 55.7 Å². The standard InChI is InChI=1S/C25H30Cl2N2O2/c1-3-23(25(31)28-19-10-4-5-11-19)29(16-20-21(26)12-7-13-22(20)27)24(30)15-18-9-6-8-17(2)14-18/h6-9,12-14,19,23H,3-5,10-11,15-16H2,1-2H3,(H,28,31). The van der Waals surface area contributed by atoms with Crippen molar-refractivity contribution in [2.24, 2.45) is 0 Å². The molecule has 1 aliphatic rings. The molecule has 3 rings (SSSR count). The summed E-state index contributed by atoms with van der Waals surface area (Å²) in [6.45, 7) is 4.12. The summed E-state index contributed by atoms with van der Waals surface area (Å²) in [4.78, 5) is 28.3. The van der Waals surface area contributed by atoms with Crippen molar-refractivity contribution in [1.82, 2.24) is 10.2 Å². The molecule has 1 atom stereocenters. The van der Waals surface area contributed by atoms with Gasteiger partial charge in [-0.2, -0.15) is 0 Å². The highest BCUT2D eigenvalue weighted by atomic mass is 35.5. The maximum Gasteiger partial charge on any atom is 0.243 e. The molecule has 1 aliphatic carbocycles. The molecule has 4 nitrogen and oxygen atoms in total. The monoisotopic (exact) mass is 460 g/mol. The van der Waals surface area contributed by atoms with E-state index in [0.717, 1.165) is 36.8 Å². The zero-order valence-electron chi connectivity index (χ0n) is 18.2. The number of nitrogens with zero attached hydrogens (tertiary/aromatic N) is 1. The number of carbonyl (C=O) groups excluding carboxylic acids is 2. The molecular weight excluding hydrogens is 431 g/mol. The molecule has 2 aromatic rings. The van der Waals surface area contributed by atoms with Crippen LogP contribution < -0.4 is 5.32 Å². The van der Waals surface area contributed by atoms with Crippen molar-refractivity contribution in [3.63, 3.8) is 0 Å². The van der Waals surface area contributed by atoms with E-state index in [1.165, 1.54) is 0 Å². The summed E-state index contributed by atoms with van der Waals surface area (Å²) in [6.07, 6.45) is 4.99. The van der Waals surface area contributed by atoms with Crippen molar-refractivity contribution in [2.75, 3.05) is 0 Å². The van der Waals surface area contributed by atoms with Crippen molar-refractivity contribution in [1.29, 1.82) is 0 Å². The fourth-order valence-corrected chi connectivity index (χ4v) is 4.76. The van der Waals surface area contributed by atoms with Gasteiger partial charge >= 0.3 is 0 Å². The van der Waals surface area contributed by atoms with Crippen molar-refractivity contribution in [3.8, 4) is 0 Å². The third-order valence-corrected chi connectivity index (χ3v) is 6.62. The molecule has 2 amide bonds. The number of hydrogen-bond donors (Lipinski definition) is 1. The molecule has 1 saturated carbocycles. The summed E-state index contributed by atoms with van der Waals surface area (Å²) >= 11 is 12.8. The van der Waals surface area contributed by atoms with E-state index in [2.05, 4.69) is 5.32 Å². The number of aryl methyl sites for hydroxylation is 1. The predicted molar refractivity (Wildman–Crippen MR) is 126 cm³/mol. The summed E-state index contributed by atoms with van der Waals surface area (Å²) in [5.74, 6) is -0.217. The third kappa shape index (κ3) is 6.24. The molecule has 1 N–H and O–H groups in total. The molecule has 0 heterocycles. The molecule has 0 saturated heterocycles. The van der Waals surface area contributed by atoms with Gasteiger partial charge in [0.25, 0.3) is 0 Å². The lowest BCUT2D eigenvalue weighted by Crippen LogP contribution is -2.51. The summed E-state index contributed by atoms with van der Waals surface area (Å²) in [5, 5.41) is 4.14. The number of carbonyl (C=O) groups is 2. The number of halogens is 2. The molecule has 6 heteroatoms. The third-order valence-electron chi connectivity index (χ3n) is 5.92. The Morgan fingerprint density at radius 1 is 1.10 bits per heavy atom. The van der Waals surface area contributed by atoms with Crippen LogP contribution in [0.3, 0.4) is 0 Å². The maximum atomic E-state index is 13.5. The molecule has 166 valence electrons. The van der Waals surface area contributed by atoms with Crippen molar-refractivity contribution >= 4 is 35.0 Å². The van der Waals surface area contributed by atoms with Crippen LogP contribution in [0.2, 0.25) is 10.0 Å². The van der Waals surface area contributed by atoms with Crippen LogP contribution in [0.4, 0.5) is 0 Å². The van der Waals surface area contributed by atoms with Crippen molar-refractivity contribution in [2.45, 2.75) is 71.0 Å². The molecular formula is C25H30Cl2N2O2. The molecule has 0 aromatic heterocycles. The van der Waals surface area contributed by atoms with Gasteiger partial charge in [-0.25, -0.2) is 0 Å². The quantitative estimate of drug-likeness (QED) is 0.548. The van der Waals surface area contributed by atoms with Gasteiger partial charge in [0, 0.05) is 28.2 Å². The Morgan fingerprint density at radius 3 is 2.35 bits per heavy atom. The highest BCUT2D eigenvalue weighted by Gasteiger charge is 2.31. The largest absolute Gasteiger partial charge is 0.352 e. The minimum absolute atomic E-state index is 0.102. The van der Waals surface area contributed by atoms with Crippen LogP contribution in [0, 0.1) is 6.92 Å². The Labute approximate surface area is 194 Å². The van der Waals surface area contributed by atoms with Gasteiger partial charge in [-0.3, -0.25) is 9.59 Å². The first-order chi connectivity index (χ1) is 14.9. The van der Waals surface area contributed by atoms with E-state index >= 15 is 0 Å². The molecule has 0 aliphatic heterocycles. The van der Waals surface area contributed by atoms with E-state index in [4.69, 9.17) is 23.2 Å². The summed E-state index contributed by atoms with van der Waals surface area (Å²) < 4.78 is 0. The highest BCUT2D eigenvalue weighted by molar-refractivity contribution is 6.36. The van der Waals surface area contributed by atoms with Crippen molar-refractivity contribution < 1.29 is 9.59 Å². The van der Waals surface area contributed by atoms with Gasteiger partial charge < -0.3 is 10.2 Å². The predicted octanol–water partition coefficient (Wildman–Crippen LogP) is 5.71. The summed E-state index contributed by atoms with van der Waals surface area (Å²) in [7, 11) is 0. The average Bonchev–Trinajstić information content (AvgIpc) is 3.23. The minimum atomic E-state index is -0.578. The van der Waals surface area contributed by atoms with E-state index in [1.807, 2.05) is 38.1 Å². The van der Waals surface area contributed by atoms with Gasteiger partial charge in [0.05, 0.1) is 6.42 Å². The first-order valence-electron chi connectivity index (χ1n) is 11.0. The minimum Gasteiger partial charge on any atom is -0.352 e. The van der Waals surface area contributed by atoms with Gasteiger partial charge in [0.2, 0.25) is 11.8 Å². The smallest absolute Gasteiger partial charge is 0.243 e. The molecule has 1 fully saturated rings. The zero-order chi connectivity index (χ0) is 22.4. The fraction of sp³-hybridized carbons (Fsp3) is 0.440. The van der Waals surface area contributed by atoms with Crippen LogP contribution in [0.5, 0.6) is 0 Å². The molecule has 31 heavy (non-hydrogen) atoms. The van der Waals surface area contributed by atoms with E-state index in [0.29, 0.717) is 22.0 Å². The van der Waals surface area contributed by atoms with Gasteiger partial charge in [0.1, 0.15) is 6.04 Å². The van der Waals surface area contributed by atoms with E-state index in [9.17, 15) is 9.59 Å². The second-order valence-corrected chi connectivity index (χ2v) is 9.12. The van der Waals surface area contributed by atoms with Gasteiger partial charge in [-0.05, 0) is 43.9 Å². The Kier molecular flexibility index (Phi) is 8.39. The van der Waals surface area contributed by atoms with Crippen LogP contribution in [0.25, 0.3) is 0 Å². The van der Waals surface area contributed by atoms with E-state index in [1.54, 1.807) is 23.1 Å². The zero-order valence-corrected chi connectivity index (χ0v) is 19.7. The molecule has 0 bridgehead atoms. The molecule has 1 unspecified atom stereocenters. The normalized spacial score (nSPS) is 15.0. The SMILES string of the molecule is CCC(C(=O)NC1CCCC1)N(Cc1c(Cl)cccc1Cl)C(=O)Cc1cccc(C)c1. The van der Waals surface area contributed by atoms with Crippen LogP contribution in [-0.2, 0) is 22.6 Å². The van der Waals surface area contributed by atoms with Crippen LogP contribution >= 0.6 is 23.2 Å². The lowest BCUT2D eigenvalue weighted by molar-refractivity contribution is -0.141. The lowest BCUT2D eigenvalue weighted by Gasteiger charge is -2.32. The number of amides is 2. The first-order valence-corrected chi connectivity index (χ1v) is 11.7. The number of nitrogens with one attached hydrogen (secondary N) is 1. The molecule has 0 spiro atoms. The molecule has 0 radical (unpaired) electrons. The highest BCUT2D eigenvalue weighted by Crippen LogP contribution is 2.27. The summed E-state index contributed by atoms with van der Waals surface area (Å²) in [5.41, 5.74) is 2.68. The number of rotatable bonds is 8. The number of benzene rings is 2. The van der Waals surface area contributed by atoms with Crippen molar-refractivity contribution in [3.05, 3.63) is 69.2 Å². The van der Waals surface area contributed by atoms with Gasteiger partial charge in [0.15, 0.2) is 0 Å². The Bertz CT molecular complexity index is 905. The first kappa shape index (κ1) is 23.6. The fourth-order valence-electron chi connectivity index (χ4n) is 4.24. The van der Waals surface area contributed by atoms with Crippen LogP contribution in [0.15, 0.2) is 42.5 Å². The van der Waals surface area contributed by atoms with Crippen LogP contribution in [-0.4, -0.2) is 28.8 Å². The maximum absolute atomic E-state index is 13.5. The second kappa shape index (κ2) is 11.0. The van der Waals surface area contributed by atoms with Gasteiger partial charge in [-0.15, -0.1) is 0 Å². The molecule has 2 aromatic carbocycles. The summed E-state index contributed by atoms with van der Waals surface area (Å²) in [6, 6.07) is 12.8. The van der Waals surface area contributed by atoms with Gasteiger partial charge in [-0.1, -0.05) is 78.9 Å². The lowest BCUT2D eigenvalue weighted by atomic mass is 10.0. The Balaban J connectivity index is 1.87. The van der Waals surface area contributed by atoms with E-state index < -0.39 is 6.04 Å². The number of hydrogen-bond acceptors (Lipinski definition) is 2. The van der Waals surface area contributed by atoms with E-state index in [-0.39, 0.29) is 30.8 Å². The Hall–Kier alpha value is -2.04. The average molecular weight is 461 g/mol. The topological polar surface area (TPSA) is 49.4 Å². The Morgan fingerprint density at radius 2 is 1.74 bits per heavy atom. The second-order valence-electron chi connectivity index (χ2n) is 8.30.